The minimum Gasteiger partial charge on any atom is -0.493 e. The molecular weight excluding hydrogens is 337 g/mol. The Morgan fingerprint density at radius 2 is 2.12 bits per heavy atom. The number of benzene rings is 2. The molecule has 0 N–H and O–H groups in total. The Kier molecular flexibility index (Phi) is 4.95. The molecule has 2 aliphatic rings. The number of halogens is 1. The van der Waals surface area contributed by atoms with E-state index in [2.05, 4.69) is 4.90 Å². The summed E-state index contributed by atoms with van der Waals surface area (Å²) in [4.78, 5) is 2.34. The van der Waals surface area contributed by atoms with Crippen molar-refractivity contribution in [2.24, 2.45) is 0 Å². The van der Waals surface area contributed by atoms with Crippen LogP contribution in [0.25, 0.3) is 0 Å². The molecule has 2 aromatic carbocycles. The Morgan fingerprint density at radius 3 is 2.96 bits per heavy atom. The van der Waals surface area contributed by atoms with E-state index < -0.39 is 0 Å². The van der Waals surface area contributed by atoms with Crippen LogP contribution in [-0.2, 0) is 17.7 Å². The molecule has 6 heteroatoms. The zero-order chi connectivity index (χ0) is 17.9. The minimum absolute atomic E-state index is 0.0569. The van der Waals surface area contributed by atoms with E-state index in [1.165, 1.54) is 6.07 Å². The molecule has 0 saturated carbocycles. The van der Waals surface area contributed by atoms with Gasteiger partial charge in [0.2, 0.25) is 12.5 Å². The van der Waals surface area contributed by atoms with Crippen molar-refractivity contribution in [1.82, 2.24) is 4.90 Å². The predicted molar refractivity (Wildman–Crippen MR) is 94.2 cm³/mol. The Balaban J connectivity index is 1.42. The number of fused-ring (bicyclic) bond motifs is 1. The highest BCUT2D eigenvalue weighted by Gasteiger charge is 2.24. The van der Waals surface area contributed by atoms with Gasteiger partial charge in [-0.2, -0.15) is 0 Å². The third-order valence-corrected chi connectivity index (χ3v) is 4.70. The van der Waals surface area contributed by atoms with E-state index in [-0.39, 0.29) is 18.7 Å². The first kappa shape index (κ1) is 17.1. The van der Waals surface area contributed by atoms with Crippen molar-refractivity contribution in [2.45, 2.75) is 19.1 Å². The van der Waals surface area contributed by atoms with Crippen LogP contribution in [0.4, 0.5) is 4.39 Å². The summed E-state index contributed by atoms with van der Waals surface area (Å²) in [6, 6.07) is 10.7. The Morgan fingerprint density at radius 1 is 1.19 bits per heavy atom. The Labute approximate surface area is 152 Å². The molecule has 4 rings (SSSR count). The van der Waals surface area contributed by atoms with Crippen molar-refractivity contribution in [3.63, 3.8) is 0 Å². The Bertz CT molecular complexity index is 782. The first-order valence-corrected chi connectivity index (χ1v) is 8.76. The average Bonchev–Trinajstić information content (AvgIpc) is 3.10. The van der Waals surface area contributed by atoms with Crippen LogP contribution in [0.1, 0.15) is 11.1 Å². The van der Waals surface area contributed by atoms with Gasteiger partial charge in [0, 0.05) is 19.6 Å². The van der Waals surface area contributed by atoms with Crippen LogP contribution in [0.5, 0.6) is 17.2 Å². The molecule has 5 nitrogen and oxygen atoms in total. The van der Waals surface area contributed by atoms with Gasteiger partial charge in [0.25, 0.3) is 0 Å². The zero-order valence-electron chi connectivity index (χ0n) is 14.7. The van der Waals surface area contributed by atoms with E-state index >= 15 is 0 Å². The molecule has 0 amide bonds. The largest absolute Gasteiger partial charge is 0.493 e. The quantitative estimate of drug-likeness (QED) is 0.821. The molecule has 1 fully saturated rings. The summed E-state index contributed by atoms with van der Waals surface area (Å²) in [5.74, 6) is 1.88. The second-order valence-corrected chi connectivity index (χ2v) is 6.59. The van der Waals surface area contributed by atoms with Gasteiger partial charge in [-0.15, -0.1) is 0 Å². The molecule has 0 spiro atoms. The van der Waals surface area contributed by atoms with Gasteiger partial charge in [-0.25, -0.2) is 4.39 Å². The van der Waals surface area contributed by atoms with Crippen LogP contribution in [0.15, 0.2) is 36.4 Å². The number of methoxy groups -OCH3 is 1. The third-order valence-electron chi connectivity index (χ3n) is 4.70. The molecule has 26 heavy (non-hydrogen) atoms. The molecular formula is C20H22FNO4. The molecule has 0 radical (unpaired) electrons. The maximum absolute atomic E-state index is 13.4. The predicted octanol–water partition coefficient (Wildman–Crippen LogP) is 3.01. The molecule has 0 unspecified atom stereocenters. The van der Waals surface area contributed by atoms with Gasteiger partial charge in [0.1, 0.15) is 5.82 Å². The first-order valence-electron chi connectivity index (χ1n) is 8.76. The topological polar surface area (TPSA) is 40.2 Å². The first-order chi connectivity index (χ1) is 12.7. The SMILES string of the molecule is COc1cc(CN2CCO[C@@H](Cc3cccc(F)c3)C2)cc2c1OCO2. The summed E-state index contributed by atoms with van der Waals surface area (Å²) in [6.07, 6.45) is 0.764. The smallest absolute Gasteiger partial charge is 0.231 e. The second kappa shape index (κ2) is 7.51. The molecule has 138 valence electrons. The van der Waals surface area contributed by atoms with Crippen molar-refractivity contribution < 1.29 is 23.3 Å². The van der Waals surface area contributed by atoms with Crippen molar-refractivity contribution in [2.75, 3.05) is 33.6 Å². The Hall–Kier alpha value is -2.31. The van der Waals surface area contributed by atoms with E-state index in [0.29, 0.717) is 24.5 Å². The molecule has 0 aliphatic carbocycles. The van der Waals surface area contributed by atoms with E-state index in [1.807, 2.05) is 18.2 Å². The minimum atomic E-state index is -0.206. The molecule has 0 bridgehead atoms. The van der Waals surface area contributed by atoms with Crippen LogP contribution in [0, 0.1) is 5.82 Å². The lowest BCUT2D eigenvalue weighted by molar-refractivity contribution is -0.0305. The van der Waals surface area contributed by atoms with Crippen molar-refractivity contribution >= 4 is 0 Å². The molecule has 0 aromatic heterocycles. The highest BCUT2D eigenvalue weighted by atomic mass is 19.1. The third kappa shape index (κ3) is 3.76. The molecule has 1 atom stereocenters. The molecule has 2 heterocycles. The summed E-state index contributed by atoms with van der Waals surface area (Å²) in [5, 5.41) is 0. The molecule has 2 aromatic rings. The summed E-state index contributed by atoms with van der Waals surface area (Å²) < 4.78 is 35.6. The summed E-state index contributed by atoms with van der Waals surface area (Å²) in [6.45, 7) is 3.32. The maximum Gasteiger partial charge on any atom is 0.231 e. The van der Waals surface area contributed by atoms with Crippen molar-refractivity contribution in [3.8, 4) is 17.2 Å². The highest BCUT2D eigenvalue weighted by molar-refractivity contribution is 5.55. The summed E-state index contributed by atoms with van der Waals surface area (Å²) in [5.41, 5.74) is 2.07. The van der Waals surface area contributed by atoms with Crippen molar-refractivity contribution in [3.05, 3.63) is 53.3 Å². The number of hydrogen-bond donors (Lipinski definition) is 0. The second-order valence-electron chi connectivity index (χ2n) is 6.59. The van der Waals surface area contributed by atoms with E-state index in [4.69, 9.17) is 18.9 Å². The van der Waals surface area contributed by atoms with Crippen LogP contribution in [0.3, 0.4) is 0 Å². The van der Waals surface area contributed by atoms with E-state index in [9.17, 15) is 4.39 Å². The number of nitrogens with zero attached hydrogens (tertiary/aromatic N) is 1. The fourth-order valence-corrected chi connectivity index (χ4v) is 3.51. The fraction of sp³-hybridized carbons (Fsp3) is 0.400. The average molecular weight is 359 g/mol. The number of morpholine rings is 1. The zero-order valence-corrected chi connectivity index (χ0v) is 14.7. The number of rotatable bonds is 5. The summed E-state index contributed by atoms with van der Waals surface area (Å²) in [7, 11) is 1.63. The van der Waals surface area contributed by atoms with Gasteiger partial charge < -0.3 is 18.9 Å². The van der Waals surface area contributed by atoms with Crippen LogP contribution in [0.2, 0.25) is 0 Å². The van der Waals surface area contributed by atoms with Crippen molar-refractivity contribution in [1.29, 1.82) is 0 Å². The van der Waals surface area contributed by atoms with Gasteiger partial charge in [-0.1, -0.05) is 12.1 Å². The standard InChI is InChI=1S/C20H22FNO4/c1-23-18-9-15(10-19-20(18)26-13-25-19)11-22-5-6-24-17(12-22)8-14-3-2-4-16(21)7-14/h2-4,7,9-10,17H,5-6,8,11-13H2,1H3/t17-/m0/s1. The van der Waals surface area contributed by atoms with Gasteiger partial charge in [-0.05, 0) is 41.8 Å². The van der Waals surface area contributed by atoms with Crippen LogP contribution in [-0.4, -0.2) is 44.6 Å². The monoisotopic (exact) mass is 359 g/mol. The number of hydrogen-bond acceptors (Lipinski definition) is 5. The summed E-state index contributed by atoms with van der Waals surface area (Å²) >= 11 is 0. The maximum atomic E-state index is 13.4. The van der Waals surface area contributed by atoms with Gasteiger partial charge in [-0.3, -0.25) is 4.90 Å². The van der Waals surface area contributed by atoms with Crippen LogP contribution < -0.4 is 14.2 Å². The van der Waals surface area contributed by atoms with Gasteiger partial charge >= 0.3 is 0 Å². The van der Waals surface area contributed by atoms with Gasteiger partial charge in [0.15, 0.2) is 11.5 Å². The van der Waals surface area contributed by atoms with Gasteiger partial charge in [0.05, 0.1) is 19.8 Å². The highest BCUT2D eigenvalue weighted by Crippen LogP contribution is 2.42. The molecule has 2 aliphatic heterocycles. The van der Waals surface area contributed by atoms with E-state index in [0.717, 1.165) is 36.5 Å². The lowest BCUT2D eigenvalue weighted by Gasteiger charge is -2.33. The molecule has 1 saturated heterocycles. The van der Waals surface area contributed by atoms with Crippen LogP contribution >= 0.6 is 0 Å². The lowest BCUT2D eigenvalue weighted by Crippen LogP contribution is -2.42. The number of ether oxygens (including phenoxy) is 4. The normalized spacial score (nSPS) is 19.5. The fourth-order valence-electron chi connectivity index (χ4n) is 3.51. The van der Waals surface area contributed by atoms with E-state index in [1.54, 1.807) is 19.2 Å². The lowest BCUT2D eigenvalue weighted by atomic mass is 10.1.